The molecule has 0 aliphatic rings. The quantitative estimate of drug-likeness (QED) is 0.803. The summed E-state index contributed by atoms with van der Waals surface area (Å²) in [4.78, 5) is 8.06. The van der Waals surface area contributed by atoms with Gasteiger partial charge in [0, 0.05) is 12.8 Å². The Morgan fingerprint density at radius 1 is 1.50 bits per heavy atom. The molecule has 0 fully saturated rings. The number of nitrogen functional groups attached to an aromatic ring is 1. The summed E-state index contributed by atoms with van der Waals surface area (Å²) in [6.45, 7) is 0.101. The van der Waals surface area contributed by atoms with E-state index in [1.54, 1.807) is 0 Å². The normalized spacial score (nSPS) is 11.0. The minimum atomic E-state index is 0.101. The molecule has 5 nitrogen and oxygen atoms in total. The largest absolute Gasteiger partial charge is 0.396 e. The van der Waals surface area contributed by atoms with Crippen LogP contribution in [0.15, 0.2) is 12.5 Å². The lowest BCUT2D eigenvalue weighted by Crippen LogP contribution is -1.95. The Hall–Kier alpha value is -0.890. The van der Waals surface area contributed by atoms with Gasteiger partial charge < -0.3 is 10.8 Å². The van der Waals surface area contributed by atoms with Crippen LogP contribution in [-0.2, 0) is 6.42 Å². The lowest BCUT2D eigenvalue weighted by Gasteiger charge is -1.97. The van der Waals surface area contributed by atoms with E-state index in [1.165, 1.54) is 6.33 Å². The van der Waals surface area contributed by atoms with E-state index >= 15 is 0 Å². The van der Waals surface area contributed by atoms with Gasteiger partial charge in [0.05, 0.1) is 28.3 Å². The molecule has 14 heavy (non-hydrogen) atoms. The highest BCUT2D eigenvalue weighted by molar-refractivity contribution is 14.1. The molecule has 0 atom stereocenters. The summed E-state index contributed by atoms with van der Waals surface area (Å²) in [7, 11) is 0. The monoisotopic (exact) mass is 304 g/mol. The topological polar surface area (TPSA) is 77.0 Å². The predicted octanol–water partition coefficient (Wildman–Crippen LogP) is 0.746. The van der Waals surface area contributed by atoms with Crippen LogP contribution in [0.5, 0.6) is 0 Å². The molecule has 2 aromatic rings. The SMILES string of the molecule is Nc1ncnc2c1c(CCO)cn2I. The summed E-state index contributed by atoms with van der Waals surface area (Å²) in [5, 5.41) is 9.73. The molecule has 0 saturated heterocycles. The highest BCUT2D eigenvalue weighted by atomic mass is 127. The molecular formula is C8H9IN4O. The molecule has 2 rings (SSSR count). The van der Waals surface area contributed by atoms with Crippen molar-refractivity contribution in [3.63, 3.8) is 0 Å². The number of hydrogen-bond donors (Lipinski definition) is 2. The number of aliphatic hydroxyl groups is 1. The van der Waals surface area contributed by atoms with Crippen LogP contribution >= 0.6 is 22.9 Å². The van der Waals surface area contributed by atoms with Gasteiger partial charge in [0.15, 0.2) is 5.65 Å². The maximum atomic E-state index is 8.89. The Kier molecular flexibility index (Phi) is 2.55. The molecule has 2 aromatic heterocycles. The second kappa shape index (κ2) is 3.70. The Morgan fingerprint density at radius 2 is 2.29 bits per heavy atom. The van der Waals surface area contributed by atoms with Gasteiger partial charge in [0.25, 0.3) is 0 Å². The Morgan fingerprint density at radius 3 is 3.00 bits per heavy atom. The van der Waals surface area contributed by atoms with Crippen LogP contribution in [0.2, 0.25) is 0 Å². The molecule has 0 aliphatic heterocycles. The molecule has 3 N–H and O–H groups in total. The zero-order chi connectivity index (χ0) is 10.1. The molecular weight excluding hydrogens is 295 g/mol. The van der Waals surface area contributed by atoms with E-state index in [-0.39, 0.29) is 6.61 Å². The third kappa shape index (κ3) is 1.44. The Balaban J connectivity index is 2.72. The molecule has 6 heteroatoms. The van der Waals surface area contributed by atoms with Crippen molar-refractivity contribution in [2.75, 3.05) is 12.3 Å². The molecule has 74 valence electrons. The zero-order valence-electron chi connectivity index (χ0n) is 7.31. The van der Waals surface area contributed by atoms with Crippen molar-refractivity contribution >= 4 is 39.7 Å². The van der Waals surface area contributed by atoms with Gasteiger partial charge in [-0.05, 0) is 12.0 Å². The van der Waals surface area contributed by atoms with E-state index in [0.29, 0.717) is 12.2 Å². The van der Waals surface area contributed by atoms with Crippen LogP contribution in [0.3, 0.4) is 0 Å². The first-order chi connectivity index (χ1) is 6.74. The number of fused-ring (bicyclic) bond motifs is 1. The van der Waals surface area contributed by atoms with Crippen molar-refractivity contribution in [3.05, 3.63) is 18.1 Å². The first-order valence-corrected chi connectivity index (χ1v) is 5.08. The van der Waals surface area contributed by atoms with Gasteiger partial charge in [-0.1, -0.05) is 0 Å². The lowest BCUT2D eigenvalue weighted by molar-refractivity contribution is 0.300. The number of aromatic nitrogens is 3. The maximum Gasteiger partial charge on any atom is 0.154 e. The number of nitrogens with two attached hydrogens (primary N) is 1. The molecule has 0 radical (unpaired) electrons. The number of anilines is 1. The summed E-state index contributed by atoms with van der Waals surface area (Å²) in [5.74, 6) is 0.467. The van der Waals surface area contributed by atoms with E-state index in [2.05, 4.69) is 32.8 Å². The Labute approximate surface area is 94.5 Å². The first kappa shape index (κ1) is 9.66. The van der Waals surface area contributed by atoms with Crippen LogP contribution in [-0.4, -0.2) is 24.5 Å². The predicted molar refractivity (Wildman–Crippen MR) is 62.1 cm³/mol. The van der Waals surface area contributed by atoms with Crippen LogP contribution in [0.25, 0.3) is 11.0 Å². The van der Waals surface area contributed by atoms with Crippen molar-refractivity contribution < 1.29 is 5.11 Å². The maximum absolute atomic E-state index is 8.89. The van der Waals surface area contributed by atoms with Crippen LogP contribution in [0.4, 0.5) is 5.82 Å². The standard InChI is InChI=1S/C8H9IN4O/c9-13-3-5(1-2-14)6-7(10)11-4-12-8(6)13/h3-4,14H,1-2H2,(H2,10,11,12). The fourth-order valence-electron chi connectivity index (χ4n) is 1.43. The van der Waals surface area contributed by atoms with Crippen LogP contribution < -0.4 is 5.73 Å². The van der Waals surface area contributed by atoms with Crippen molar-refractivity contribution in [3.8, 4) is 0 Å². The molecule has 0 aliphatic carbocycles. The average molecular weight is 304 g/mol. The number of rotatable bonds is 2. The van der Waals surface area contributed by atoms with Crippen LogP contribution in [0.1, 0.15) is 5.56 Å². The minimum Gasteiger partial charge on any atom is -0.396 e. The molecule has 0 amide bonds. The molecule has 0 unspecified atom stereocenters. The molecule has 0 bridgehead atoms. The highest BCUT2D eigenvalue weighted by Gasteiger charge is 2.11. The summed E-state index contributed by atoms with van der Waals surface area (Å²) < 4.78 is 1.86. The van der Waals surface area contributed by atoms with Gasteiger partial charge in [-0.2, -0.15) is 0 Å². The lowest BCUT2D eigenvalue weighted by atomic mass is 10.2. The second-order valence-electron chi connectivity index (χ2n) is 2.90. The summed E-state index contributed by atoms with van der Waals surface area (Å²) >= 11 is 2.12. The summed E-state index contributed by atoms with van der Waals surface area (Å²) in [6, 6.07) is 0. The van der Waals surface area contributed by atoms with E-state index in [4.69, 9.17) is 10.8 Å². The van der Waals surface area contributed by atoms with Gasteiger partial charge in [-0.25, -0.2) is 9.97 Å². The van der Waals surface area contributed by atoms with Gasteiger partial charge in [0.2, 0.25) is 0 Å². The number of nitrogens with zero attached hydrogens (tertiary/aromatic N) is 3. The first-order valence-electron chi connectivity index (χ1n) is 4.11. The van der Waals surface area contributed by atoms with Crippen molar-refractivity contribution in [2.45, 2.75) is 6.42 Å². The summed E-state index contributed by atoms with van der Waals surface area (Å²) in [6.07, 6.45) is 3.92. The number of aliphatic hydroxyl groups excluding tert-OH is 1. The number of hydrogen-bond acceptors (Lipinski definition) is 4. The van der Waals surface area contributed by atoms with E-state index in [0.717, 1.165) is 16.6 Å². The van der Waals surface area contributed by atoms with Crippen LogP contribution in [0, 0.1) is 0 Å². The van der Waals surface area contributed by atoms with E-state index in [9.17, 15) is 0 Å². The van der Waals surface area contributed by atoms with Crippen molar-refractivity contribution in [1.82, 2.24) is 12.7 Å². The second-order valence-corrected chi connectivity index (χ2v) is 3.94. The van der Waals surface area contributed by atoms with Gasteiger partial charge in [0.1, 0.15) is 12.1 Å². The smallest absolute Gasteiger partial charge is 0.154 e. The van der Waals surface area contributed by atoms with Crippen molar-refractivity contribution in [1.29, 1.82) is 0 Å². The Bertz CT molecular complexity index is 468. The zero-order valence-corrected chi connectivity index (χ0v) is 9.47. The molecule has 0 saturated carbocycles. The van der Waals surface area contributed by atoms with Gasteiger partial charge in [-0.15, -0.1) is 0 Å². The van der Waals surface area contributed by atoms with Gasteiger partial charge in [-0.3, -0.25) is 2.78 Å². The molecule has 2 heterocycles. The fraction of sp³-hybridized carbons (Fsp3) is 0.250. The third-order valence-corrected chi connectivity index (χ3v) is 2.77. The highest BCUT2D eigenvalue weighted by Crippen LogP contribution is 2.25. The molecule has 0 aromatic carbocycles. The van der Waals surface area contributed by atoms with Gasteiger partial charge >= 0.3 is 0 Å². The molecule has 0 spiro atoms. The fourth-order valence-corrected chi connectivity index (χ4v) is 2.13. The van der Waals surface area contributed by atoms with E-state index < -0.39 is 0 Å². The minimum absolute atomic E-state index is 0.101. The average Bonchev–Trinajstić information content (AvgIpc) is 2.46. The number of halogens is 1. The van der Waals surface area contributed by atoms with Crippen molar-refractivity contribution in [2.24, 2.45) is 0 Å². The third-order valence-electron chi connectivity index (χ3n) is 2.03. The summed E-state index contributed by atoms with van der Waals surface area (Å²) in [5.41, 5.74) is 7.53. The van der Waals surface area contributed by atoms with E-state index in [1.807, 2.05) is 8.98 Å².